The van der Waals surface area contributed by atoms with Crippen LogP contribution in [0.4, 0.5) is 5.69 Å². The molecule has 2 amide bonds. The summed E-state index contributed by atoms with van der Waals surface area (Å²) in [6, 6.07) is 9.36. The van der Waals surface area contributed by atoms with E-state index in [1.807, 2.05) is 36.4 Å². The highest BCUT2D eigenvalue weighted by atomic mass is 35.5. The summed E-state index contributed by atoms with van der Waals surface area (Å²) in [4.78, 5) is 33.5. The number of likely N-dealkylation sites (tertiary alicyclic amines) is 1. The average molecular weight is 430 g/mol. The molecule has 0 saturated carbocycles. The number of amides is 2. The Labute approximate surface area is 180 Å². The van der Waals surface area contributed by atoms with E-state index in [4.69, 9.17) is 11.6 Å². The molecule has 0 spiro atoms. The van der Waals surface area contributed by atoms with E-state index in [9.17, 15) is 9.59 Å². The second-order valence-corrected chi connectivity index (χ2v) is 9.03. The molecule has 0 atom stereocenters. The molecule has 0 bridgehead atoms. The molecule has 1 aromatic heterocycles. The minimum atomic E-state index is -0.280. The number of halogens is 1. The van der Waals surface area contributed by atoms with Crippen LogP contribution in [-0.4, -0.2) is 54.8 Å². The molecule has 1 fully saturated rings. The van der Waals surface area contributed by atoms with Gasteiger partial charge in [0.2, 0.25) is 0 Å². The monoisotopic (exact) mass is 429 g/mol. The first-order chi connectivity index (χ1) is 13.9. The van der Waals surface area contributed by atoms with Crippen molar-refractivity contribution in [1.29, 1.82) is 0 Å². The number of benzene rings is 1. The number of likely N-dealkylation sites (N-methyl/N-ethyl adjacent to an activating group) is 1. The molecule has 0 radical (unpaired) electrons. The van der Waals surface area contributed by atoms with E-state index in [1.165, 1.54) is 16.2 Å². The van der Waals surface area contributed by atoms with E-state index in [1.54, 1.807) is 18.2 Å². The predicted molar refractivity (Wildman–Crippen MR) is 118 cm³/mol. The highest BCUT2D eigenvalue weighted by Crippen LogP contribution is 2.39. The number of anilines is 1. The fourth-order valence-electron chi connectivity index (χ4n) is 4.11. The van der Waals surface area contributed by atoms with Gasteiger partial charge in [-0.15, -0.1) is 11.3 Å². The second kappa shape index (κ2) is 7.94. The van der Waals surface area contributed by atoms with Crippen molar-refractivity contribution in [2.45, 2.75) is 25.8 Å². The summed E-state index contributed by atoms with van der Waals surface area (Å²) in [7, 11) is 4.05. The van der Waals surface area contributed by atoms with Gasteiger partial charge in [0, 0.05) is 23.0 Å². The van der Waals surface area contributed by atoms with Crippen LogP contribution in [0.15, 0.2) is 41.4 Å². The molecule has 152 valence electrons. The Bertz CT molecular complexity index is 978. The van der Waals surface area contributed by atoms with Crippen LogP contribution in [0.25, 0.3) is 5.57 Å². The Morgan fingerprint density at radius 1 is 1.10 bits per heavy atom. The fourth-order valence-corrected chi connectivity index (χ4v) is 5.04. The summed E-state index contributed by atoms with van der Waals surface area (Å²) in [6.45, 7) is 3.80. The fraction of sp³-hybridized carbons (Fsp3) is 0.364. The summed E-state index contributed by atoms with van der Waals surface area (Å²) >= 11 is 7.76. The first kappa shape index (κ1) is 20.1. The molecular weight excluding hydrogens is 406 g/mol. The molecule has 0 unspecified atom stereocenters. The van der Waals surface area contributed by atoms with Gasteiger partial charge in [-0.25, -0.2) is 4.90 Å². The van der Waals surface area contributed by atoms with Gasteiger partial charge in [-0.3, -0.25) is 9.59 Å². The molecule has 4 rings (SSSR count). The largest absolute Gasteiger partial charge is 0.366 e. The minimum absolute atomic E-state index is 0.230. The molecule has 1 aromatic carbocycles. The van der Waals surface area contributed by atoms with Gasteiger partial charge < -0.3 is 9.80 Å². The Morgan fingerprint density at radius 3 is 2.48 bits per heavy atom. The maximum absolute atomic E-state index is 13.6. The van der Waals surface area contributed by atoms with E-state index >= 15 is 0 Å². The van der Waals surface area contributed by atoms with Crippen LogP contribution in [0.1, 0.15) is 23.3 Å². The van der Waals surface area contributed by atoms with Gasteiger partial charge in [-0.05, 0) is 69.0 Å². The first-order valence-corrected chi connectivity index (χ1v) is 11.0. The van der Waals surface area contributed by atoms with Crippen molar-refractivity contribution in [2.24, 2.45) is 0 Å². The molecule has 0 aliphatic carbocycles. The van der Waals surface area contributed by atoms with Gasteiger partial charge in [0.1, 0.15) is 5.70 Å². The Kier molecular flexibility index (Phi) is 5.51. The van der Waals surface area contributed by atoms with Crippen LogP contribution < -0.4 is 4.90 Å². The van der Waals surface area contributed by atoms with Crippen molar-refractivity contribution in [2.75, 3.05) is 32.1 Å². The summed E-state index contributed by atoms with van der Waals surface area (Å²) in [5.41, 5.74) is 2.26. The number of piperidine rings is 1. The van der Waals surface area contributed by atoms with Crippen molar-refractivity contribution in [3.8, 4) is 0 Å². The average Bonchev–Trinajstić information content (AvgIpc) is 3.31. The lowest BCUT2D eigenvalue weighted by Crippen LogP contribution is -2.43. The Hall–Kier alpha value is -2.15. The molecule has 3 heterocycles. The molecular formula is C22H24ClN3O2S. The topological polar surface area (TPSA) is 43.9 Å². The zero-order valence-electron chi connectivity index (χ0n) is 16.8. The van der Waals surface area contributed by atoms with Gasteiger partial charge in [-0.2, -0.15) is 0 Å². The van der Waals surface area contributed by atoms with E-state index < -0.39 is 0 Å². The number of hydrogen-bond donors (Lipinski definition) is 0. The Balaban J connectivity index is 1.78. The molecule has 2 aliphatic rings. The number of carbonyl (C=O) groups is 2. The van der Waals surface area contributed by atoms with Gasteiger partial charge in [-0.1, -0.05) is 23.7 Å². The number of imide groups is 1. The van der Waals surface area contributed by atoms with Crippen LogP contribution in [0.2, 0.25) is 5.02 Å². The van der Waals surface area contributed by atoms with E-state index in [0.717, 1.165) is 36.4 Å². The highest BCUT2D eigenvalue weighted by molar-refractivity contribution is 7.11. The third kappa shape index (κ3) is 3.50. The SMILES string of the molecule is Cc1c(Cl)cccc1N1C(=O)C(c2cccs2)=C(N(C)C2CCN(C)CC2)C1=O. The number of nitrogens with zero attached hydrogens (tertiary/aromatic N) is 3. The smallest absolute Gasteiger partial charge is 0.282 e. The van der Waals surface area contributed by atoms with Crippen LogP contribution in [-0.2, 0) is 9.59 Å². The molecule has 0 N–H and O–H groups in total. The maximum atomic E-state index is 13.6. The maximum Gasteiger partial charge on any atom is 0.282 e. The van der Waals surface area contributed by atoms with Gasteiger partial charge in [0.15, 0.2) is 0 Å². The molecule has 1 saturated heterocycles. The van der Waals surface area contributed by atoms with Crippen LogP contribution in [0, 0.1) is 6.92 Å². The number of rotatable bonds is 4. The zero-order valence-corrected chi connectivity index (χ0v) is 18.4. The van der Waals surface area contributed by atoms with Crippen LogP contribution >= 0.6 is 22.9 Å². The lowest BCUT2D eigenvalue weighted by Gasteiger charge is -2.36. The van der Waals surface area contributed by atoms with Crippen molar-refractivity contribution in [3.63, 3.8) is 0 Å². The van der Waals surface area contributed by atoms with Gasteiger partial charge in [0.25, 0.3) is 11.8 Å². The van der Waals surface area contributed by atoms with Gasteiger partial charge >= 0.3 is 0 Å². The standard InChI is InChI=1S/C22H24ClN3O2S/c1-14-16(23)6-4-7-17(14)26-21(27)19(18-8-5-13-29-18)20(22(26)28)25(3)15-9-11-24(2)12-10-15/h4-8,13,15H,9-12H2,1-3H3. The summed E-state index contributed by atoms with van der Waals surface area (Å²) < 4.78 is 0. The minimum Gasteiger partial charge on any atom is -0.366 e. The van der Waals surface area contributed by atoms with E-state index in [2.05, 4.69) is 11.9 Å². The van der Waals surface area contributed by atoms with Crippen molar-refractivity contribution in [1.82, 2.24) is 9.80 Å². The third-order valence-electron chi connectivity index (χ3n) is 5.90. The van der Waals surface area contributed by atoms with Crippen molar-refractivity contribution in [3.05, 3.63) is 56.9 Å². The molecule has 2 aromatic rings. The van der Waals surface area contributed by atoms with Crippen molar-refractivity contribution < 1.29 is 9.59 Å². The molecule has 2 aliphatic heterocycles. The summed E-state index contributed by atoms with van der Waals surface area (Å²) in [6.07, 6.45) is 1.93. The summed E-state index contributed by atoms with van der Waals surface area (Å²) in [5.74, 6) is -0.553. The second-order valence-electron chi connectivity index (χ2n) is 7.68. The number of hydrogen-bond acceptors (Lipinski definition) is 5. The number of carbonyl (C=O) groups excluding carboxylic acids is 2. The molecule has 7 heteroatoms. The highest BCUT2D eigenvalue weighted by Gasteiger charge is 2.44. The lowest BCUT2D eigenvalue weighted by molar-refractivity contribution is -0.120. The predicted octanol–water partition coefficient (Wildman–Crippen LogP) is 4.02. The molecule has 29 heavy (non-hydrogen) atoms. The van der Waals surface area contributed by atoms with Crippen molar-refractivity contribution >= 4 is 46.0 Å². The van der Waals surface area contributed by atoms with Crippen LogP contribution in [0.5, 0.6) is 0 Å². The summed E-state index contributed by atoms with van der Waals surface area (Å²) in [5, 5.41) is 2.47. The third-order valence-corrected chi connectivity index (χ3v) is 7.19. The number of thiophene rings is 1. The lowest BCUT2D eigenvalue weighted by atomic mass is 10.0. The van der Waals surface area contributed by atoms with E-state index in [-0.39, 0.29) is 17.9 Å². The van der Waals surface area contributed by atoms with E-state index in [0.29, 0.717) is 22.0 Å². The Morgan fingerprint density at radius 2 is 1.83 bits per heavy atom. The zero-order chi connectivity index (χ0) is 20.7. The molecule has 5 nitrogen and oxygen atoms in total. The van der Waals surface area contributed by atoms with Crippen LogP contribution in [0.3, 0.4) is 0 Å². The van der Waals surface area contributed by atoms with Gasteiger partial charge in [0.05, 0.1) is 11.3 Å². The normalized spacial score (nSPS) is 18.8. The first-order valence-electron chi connectivity index (χ1n) is 9.73. The quantitative estimate of drug-likeness (QED) is 0.688.